The quantitative estimate of drug-likeness (QED) is 0.567. The Morgan fingerprint density at radius 1 is 0.967 bits per heavy atom. The zero-order chi connectivity index (χ0) is 22.9. The second-order valence-electron chi connectivity index (χ2n) is 6.06. The lowest BCUT2D eigenvalue weighted by molar-refractivity contribution is -0.142. The highest BCUT2D eigenvalue weighted by molar-refractivity contribution is 6.35. The van der Waals surface area contributed by atoms with Crippen LogP contribution in [0.3, 0.4) is 0 Å². The summed E-state index contributed by atoms with van der Waals surface area (Å²) in [6, 6.07) is 2.37. The van der Waals surface area contributed by atoms with E-state index in [4.69, 9.17) is 23.2 Å². The van der Waals surface area contributed by atoms with Crippen LogP contribution in [-0.2, 0) is 23.6 Å². The van der Waals surface area contributed by atoms with Crippen LogP contribution < -0.4 is 5.32 Å². The molecule has 1 unspecified atom stereocenters. The van der Waals surface area contributed by atoms with Crippen molar-refractivity contribution in [2.45, 2.75) is 24.8 Å². The second kappa shape index (κ2) is 8.73. The number of carbonyl (C=O) groups is 2. The zero-order valence-corrected chi connectivity index (χ0v) is 16.0. The van der Waals surface area contributed by atoms with Crippen molar-refractivity contribution < 1.29 is 41.0 Å². The molecule has 0 saturated carbocycles. The first-order chi connectivity index (χ1) is 13.7. The second-order valence-corrected chi connectivity index (χ2v) is 6.90. The maximum Gasteiger partial charge on any atom is 0.416 e. The van der Waals surface area contributed by atoms with Gasteiger partial charge in [0.15, 0.2) is 0 Å². The van der Waals surface area contributed by atoms with Crippen LogP contribution in [-0.4, -0.2) is 23.0 Å². The van der Waals surface area contributed by atoms with Gasteiger partial charge < -0.3 is 10.4 Å². The lowest BCUT2D eigenvalue weighted by Gasteiger charge is -2.20. The molecule has 30 heavy (non-hydrogen) atoms. The number of benzene rings is 2. The standard InChI is InChI=1S/C18H11Cl2F6NO3/c19-10-2-4-13(20)11(7-10)15(28)27-14(16(29)30)6-8-5-9(17(21,22)23)1-3-12(8)18(24,25)26/h1-5,7,14H,6H2,(H,27,28)(H,29,30). The number of carboxylic acids is 1. The molecule has 0 radical (unpaired) electrons. The van der Waals surface area contributed by atoms with Crippen molar-refractivity contribution in [1.82, 2.24) is 5.32 Å². The fraction of sp³-hybridized carbons (Fsp3) is 0.222. The minimum atomic E-state index is -5.04. The summed E-state index contributed by atoms with van der Waals surface area (Å²) in [7, 11) is 0. The molecule has 0 aliphatic heterocycles. The summed E-state index contributed by atoms with van der Waals surface area (Å²) in [6.07, 6.45) is -11.0. The van der Waals surface area contributed by atoms with Crippen LogP contribution in [0.1, 0.15) is 27.0 Å². The van der Waals surface area contributed by atoms with Gasteiger partial charge >= 0.3 is 18.3 Å². The monoisotopic (exact) mass is 473 g/mol. The highest BCUT2D eigenvalue weighted by atomic mass is 35.5. The van der Waals surface area contributed by atoms with Crippen LogP contribution in [0.5, 0.6) is 0 Å². The van der Waals surface area contributed by atoms with E-state index >= 15 is 0 Å². The van der Waals surface area contributed by atoms with Gasteiger partial charge in [0.2, 0.25) is 0 Å². The molecule has 0 aromatic heterocycles. The van der Waals surface area contributed by atoms with Crippen LogP contribution >= 0.6 is 23.2 Å². The van der Waals surface area contributed by atoms with E-state index in [1.54, 1.807) is 0 Å². The van der Waals surface area contributed by atoms with E-state index in [1.807, 2.05) is 5.32 Å². The van der Waals surface area contributed by atoms with Crippen LogP contribution in [0, 0.1) is 0 Å². The van der Waals surface area contributed by atoms with Crippen LogP contribution in [0.15, 0.2) is 36.4 Å². The molecule has 1 atom stereocenters. The molecule has 0 heterocycles. The van der Waals surface area contributed by atoms with Gasteiger partial charge in [0.25, 0.3) is 5.91 Å². The summed E-state index contributed by atoms with van der Waals surface area (Å²) < 4.78 is 78.3. The predicted molar refractivity (Wildman–Crippen MR) is 95.5 cm³/mol. The Morgan fingerprint density at radius 2 is 1.60 bits per heavy atom. The topological polar surface area (TPSA) is 66.4 Å². The average molecular weight is 474 g/mol. The predicted octanol–water partition coefficient (Wildman–Crippen LogP) is 5.46. The Kier molecular flexibility index (Phi) is 6.93. The van der Waals surface area contributed by atoms with Crippen LogP contribution in [0.2, 0.25) is 10.0 Å². The summed E-state index contributed by atoms with van der Waals surface area (Å²) in [5.41, 5.74) is -4.03. The molecular weight excluding hydrogens is 463 g/mol. The molecule has 0 bridgehead atoms. The van der Waals surface area contributed by atoms with Crippen LogP contribution in [0.25, 0.3) is 0 Å². The van der Waals surface area contributed by atoms with Gasteiger partial charge in [0, 0.05) is 11.4 Å². The molecule has 162 valence electrons. The Bertz CT molecular complexity index is 975. The van der Waals surface area contributed by atoms with Crippen molar-refractivity contribution in [3.05, 3.63) is 68.7 Å². The summed E-state index contributed by atoms with van der Waals surface area (Å²) in [5, 5.41) is 11.2. The molecule has 2 aromatic rings. The molecular formula is C18H11Cl2F6NO3. The first-order valence-corrected chi connectivity index (χ1v) is 8.71. The van der Waals surface area contributed by atoms with Crippen molar-refractivity contribution in [1.29, 1.82) is 0 Å². The van der Waals surface area contributed by atoms with Gasteiger partial charge in [-0.1, -0.05) is 23.2 Å². The Labute approximate surface area is 175 Å². The molecule has 0 fully saturated rings. The number of carboxylic acid groups (broad SMARTS) is 1. The molecule has 2 N–H and O–H groups in total. The lowest BCUT2D eigenvalue weighted by atomic mass is 9.96. The fourth-order valence-corrected chi connectivity index (χ4v) is 2.92. The van der Waals surface area contributed by atoms with E-state index in [0.29, 0.717) is 0 Å². The van der Waals surface area contributed by atoms with Crippen molar-refractivity contribution in [3.8, 4) is 0 Å². The first-order valence-electron chi connectivity index (χ1n) is 7.96. The molecule has 0 aliphatic rings. The maximum absolute atomic E-state index is 13.2. The fourth-order valence-electron chi connectivity index (χ4n) is 2.54. The molecule has 0 saturated heterocycles. The van der Waals surface area contributed by atoms with Crippen LogP contribution in [0.4, 0.5) is 26.3 Å². The molecule has 12 heteroatoms. The van der Waals surface area contributed by atoms with E-state index in [0.717, 1.165) is 6.07 Å². The van der Waals surface area contributed by atoms with E-state index in [1.165, 1.54) is 12.1 Å². The SMILES string of the molecule is O=C(NC(Cc1cc(C(F)(F)F)ccc1C(F)(F)F)C(=O)O)c1cc(Cl)ccc1Cl. The van der Waals surface area contributed by atoms with Crippen molar-refractivity contribution in [3.63, 3.8) is 0 Å². The molecule has 0 aliphatic carbocycles. The Morgan fingerprint density at radius 3 is 2.13 bits per heavy atom. The summed E-state index contributed by atoms with van der Waals surface area (Å²) in [5.74, 6) is -2.83. The number of halogens is 8. The third-order valence-electron chi connectivity index (χ3n) is 3.94. The molecule has 0 spiro atoms. The summed E-state index contributed by atoms with van der Waals surface area (Å²) >= 11 is 11.6. The number of amides is 1. The summed E-state index contributed by atoms with van der Waals surface area (Å²) in [6.45, 7) is 0. The number of aliphatic carboxylic acids is 1. The van der Waals surface area contributed by atoms with Gasteiger partial charge in [0.05, 0.1) is 21.7 Å². The van der Waals surface area contributed by atoms with Gasteiger partial charge in [-0.05, 0) is 42.0 Å². The van der Waals surface area contributed by atoms with Gasteiger partial charge in [-0.25, -0.2) is 4.79 Å². The van der Waals surface area contributed by atoms with Gasteiger partial charge in [-0.15, -0.1) is 0 Å². The number of nitrogens with one attached hydrogen (secondary N) is 1. The van der Waals surface area contributed by atoms with Gasteiger partial charge in [0.1, 0.15) is 6.04 Å². The third kappa shape index (κ3) is 5.79. The molecule has 2 aromatic carbocycles. The van der Waals surface area contributed by atoms with E-state index in [2.05, 4.69) is 0 Å². The number of rotatable bonds is 5. The van der Waals surface area contributed by atoms with Gasteiger partial charge in [-0.2, -0.15) is 26.3 Å². The largest absolute Gasteiger partial charge is 0.480 e. The smallest absolute Gasteiger partial charge is 0.416 e. The van der Waals surface area contributed by atoms with Crippen molar-refractivity contribution >= 4 is 35.1 Å². The normalized spacial score (nSPS) is 13.1. The average Bonchev–Trinajstić information content (AvgIpc) is 2.61. The molecule has 1 amide bonds. The Balaban J connectivity index is 2.41. The summed E-state index contributed by atoms with van der Waals surface area (Å²) in [4.78, 5) is 23.8. The number of carbonyl (C=O) groups excluding carboxylic acids is 1. The minimum absolute atomic E-state index is 0.0775. The number of hydrogen-bond acceptors (Lipinski definition) is 2. The highest BCUT2D eigenvalue weighted by Crippen LogP contribution is 2.37. The van der Waals surface area contributed by atoms with E-state index in [9.17, 15) is 41.0 Å². The first kappa shape index (κ1) is 23.8. The number of alkyl halides is 6. The highest BCUT2D eigenvalue weighted by Gasteiger charge is 2.38. The van der Waals surface area contributed by atoms with E-state index < -0.39 is 53.4 Å². The van der Waals surface area contributed by atoms with Crippen molar-refractivity contribution in [2.24, 2.45) is 0 Å². The molecule has 2 rings (SSSR count). The van der Waals surface area contributed by atoms with Gasteiger partial charge in [-0.3, -0.25) is 4.79 Å². The third-order valence-corrected chi connectivity index (χ3v) is 4.50. The van der Waals surface area contributed by atoms with E-state index in [-0.39, 0.29) is 33.8 Å². The lowest BCUT2D eigenvalue weighted by Crippen LogP contribution is -2.42. The molecule has 4 nitrogen and oxygen atoms in total. The van der Waals surface area contributed by atoms with Crippen molar-refractivity contribution in [2.75, 3.05) is 0 Å². The zero-order valence-electron chi connectivity index (χ0n) is 14.5. The number of hydrogen-bond donors (Lipinski definition) is 2. The maximum atomic E-state index is 13.2. The Hall–Kier alpha value is -2.46. The minimum Gasteiger partial charge on any atom is -0.480 e.